The van der Waals surface area contributed by atoms with Crippen molar-refractivity contribution >= 4 is 65.4 Å². The molecule has 0 fully saturated rings. The van der Waals surface area contributed by atoms with Crippen molar-refractivity contribution in [2.75, 3.05) is 0 Å². The quantitative estimate of drug-likeness (QED) is 0.177. The third-order valence-electron chi connectivity index (χ3n) is 11.3. The molecule has 0 saturated carbocycles. The lowest BCUT2D eigenvalue weighted by Gasteiger charge is -2.13. The lowest BCUT2D eigenvalue weighted by molar-refractivity contribution is 0.954. The van der Waals surface area contributed by atoms with Crippen molar-refractivity contribution in [3.63, 3.8) is 0 Å². The molecule has 0 atom stereocenters. The van der Waals surface area contributed by atoms with Crippen LogP contribution in [0.15, 0.2) is 194 Å². The summed E-state index contributed by atoms with van der Waals surface area (Å²) in [7, 11) is 0. The van der Waals surface area contributed by atoms with E-state index in [4.69, 9.17) is 15.0 Å². The highest BCUT2D eigenvalue weighted by Gasteiger charge is 2.24. The van der Waals surface area contributed by atoms with Gasteiger partial charge in [0, 0.05) is 54.8 Å². The molecule has 266 valence electrons. The maximum Gasteiger partial charge on any atom is 0.238 e. The fourth-order valence-electron chi connectivity index (χ4n) is 8.92. The summed E-state index contributed by atoms with van der Waals surface area (Å²) < 4.78 is 6.98. The number of nitrogens with zero attached hydrogens (tertiary/aromatic N) is 6. The summed E-state index contributed by atoms with van der Waals surface area (Å²) in [6, 6.07) is 68.3. The van der Waals surface area contributed by atoms with Crippen molar-refractivity contribution in [2.24, 2.45) is 0 Å². The molecule has 6 heteroatoms. The summed E-state index contributed by atoms with van der Waals surface area (Å²) in [5, 5.41) is 6.87. The number of para-hydroxylation sites is 5. The van der Waals surface area contributed by atoms with Crippen LogP contribution in [0.1, 0.15) is 0 Å². The molecule has 12 aromatic rings. The summed E-state index contributed by atoms with van der Waals surface area (Å²) >= 11 is 0. The van der Waals surface area contributed by atoms with Crippen LogP contribution in [0.3, 0.4) is 0 Å². The first kappa shape index (κ1) is 31.5. The molecule has 0 aliphatic rings. The summed E-state index contributed by atoms with van der Waals surface area (Å²) in [6.45, 7) is 0. The second-order valence-electron chi connectivity index (χ2n) is 14.4. The van der Waals surface area contributed by atoms with E-state index in [0.717, 1.165) is 77.1 Å². The summed E-state index contributed by atoms with van der Waals surface area (Å²) in [5.74, 6) is 1.79. The second kappa shape index (κ2) is 12.3. The van der Waals surface area contributed by atoms with Crippen molar-refractivity contribution in [2.45, 2.75) is 0 Å². The zero-order valence-corrected chi connectivity index (χ0v) is 30.7. The number of hydrogen-bond donors (Lipinski definition) is 0. The highest BCUT2D eigenvalue weighted by Crippen LogP contribution is 2.42. The molecule has 0 bridgehead atoms. The molecule has 8 aromatic carbocycles. The molecule has 6 nitrogen and oxygen atoms in total. The van der Waals surface area contributed by atoms with Crippen LogP contribution in [0.4, 0.5) is 0 Å². The van der Waals surface area contributed by atoms with Gasteiger partial charge in [-0.15, -0.1) is 0 Å². The van der Waals surface area contributed by atoms with Gasteiger partial charge in [0.15, 0.2) is 11.6 Å². The van der Waals surface area contributed by atoms with Crippen LogP contribution >= 0.6 is 0 Å². The maximum atomic E-state index is 5.50. The van der Waals surface area contributed by atoms with E-state index >= 15 is 0 Å². The van der Waals surface area contributed by atoms with E-state index < -0.39 is 0 Å². The van der Waals surface area contributed by atoms with Crippen molar-refractivity contribution < 1.29 is 0 Å². The Bertz CT molecular complexity index is 3510. The zero-order chi connectivity index (χ0) is 37.5. The van der Waals surface area contributed by atoms with Gasteiger partial charge in [-0.3, -0.25) is 4.57 Å². The van der Waals surface area contributed by atoms with Gasteiger partial charge in [-0.25, -0.2) is 4.98 Å². The first-order valence-electron chi connectivity index (χ1n) is 19.2. The van der Waals surface area contributed by atoms with Crippen LogP contribution in [-0.2, 0) is 0 Å². The molecule has 0 spiro atoms. The summed E-state index contributed by atoms with van der Waals surface area (Å²) in [4.78, 5) is 16.1. The maximum absolute atomic E-state index is 5.50. The number of fused-ring (bicyclic) bond motifs is 10. The van der Waals surface area contributed by atoms with Crippen LogP contribution in [0.25, 0.3) is 106 Å². The van der Waals surface area contributed by atoms with Gasteiger partial charge in [-0.05, 0) is 48.5 Å². The van der Waals surface area contributed by atoms with Gasteiger partial charge >= 0.3 is 0 Å². The summed E-state index contributed by atoms with van der Waals surface area (Å²) in [5.41, 5.74) is 10.6. The smallest absolute Gasteiger partial charge is 0.238 e. The van der Waals surface area contributed by atoms with Gasteiger partial charge in [0.05, 0.1) is 33.1 Å². The Balaban J connectivity index is 1.23. The highest BCUT2D eigenvalue weighted by molar-refractivity contribution is 6.24. The van der Waals surface area contributed by atoms with E-state index in [1.54, 1.807) is 0 Å². The monoisotopic (exact) mass is 728 g/mol. The number of aromatic nitrogens is 6. The molecule has 0 radical (unpaired) electrons. The molecule has 12 rings (SSSR count). The summed E-state index contributed by atoms with van der Waals surface area (Å²) in [6.07, 6.45) is 0. The van der Waals surface area contributed by atoms with E-state index in [-0.39, 0.29) is 0 Å². The fraction of sp³-hybridized carbons (Fsp3) is 0. The van der Waals surface area contributed by atoms with Gasteiger partial charge in [0.1, 0.15) is 0 Å². The SMILES string of the molecule is c1ccc(-c2nc(-c3cccc4c3c3ccccc3n4-c3ccccc3)nc(-n3c4ccccc4c4ccc5c6ccccc6n(-c6ccccc6)c5c43)n2)cc1. The highest BCUT2D eigenvalue weighted by atomic mass is 15.2. The molecular weight excluding hydrogens is 697 g/mol. The lowest BCUT2D eigenvalue weighted by Crippen LogP contribution is -2.07. The normalized spacial score (nSPS) is 11.9. The van der Waals surface area contributed by atoms with Crippen LogP contribution in [-0.4, -0.2) is 28.7 Å². The Morgan fingerprint density at radius 1 is 0.298 bits per heavy atom. The molecule has 0 N–H and O–H groups in total. The third-order valence-corrected chi connectivity index (χ3v) is 11.3. The Hall–Kier alpha value is -7.83. The molecule has 57 heavy (non-hydrogen) atoms. The minimum atomic E-state index is 0.561. The number of hydrogen-bond acceptors (Lipinski definition) is 3. The largest absolute Gasteiger partial charge is 0.309 e. The van der Waals surface area contributed by atoms with Crippen molar-refractivity contribution in [1.29, 1.82) is 0 Å². The standard InChI is InChI=1S/C51H32N6/c1-4-17-33(18-5-1)49-52-50(41-26-16-30-45-46(41)40-25-12-15-29-44(40)55(45)34-19-6-2-7-20-34)54-51(53-49)57-43-28-14-11-24-37(43)39-32-31-38-36-23-10-13-27-42(36)56(47(38)48(39)57)35-21-8-3-9-22-35/h1-32H. The van der Waals surface area contributed by atoms with Crippen LogP contribution in [0.2, 0.25) is 0 Å². The first-order valence-corrected chi connectivity index (χ1v) is 19.2. The van der Waals surface area contributed by atoms with Gasteiger partial charge in [0.2, 0.25) is 5.95 Å². The Kier molecular flexibility index (Phi) is 6.83. The number of benzene rings is 8. The molecule has 4 heterocycles. The van der Waals surface area contributed by atoms with Crippen molar-refractivity contribution in [1.82, 2.24) is 28.7 Å². The Labute approximate surface area is 327 Å². The third kappa shape index (κ3) is 4.68. The van der Waals surface area contributed by atoms with Gasteiger partial charge < -0.3 is 9.13 Å². The molecule has 0 aliphatic heterocycles. The molecule has 4 aromatic heterocycles. The van der Waals surface area contributed by atoms with Crippen molar-refractivity contribution in [3.05, 3.63) is 194 Å². The van der Waals surface area contributed by atoms with E-state index in [1.165, 1.54) is 10.8 Å². The fourth-order valence-corrected chi connectivity index (χ4v) is 8.92. The topological polar surface area (TPSA) is 53.5 Å². The second-order valence-corrected chi connectivity index (χ2v) is 14.4. The van der Waals surface area contributed by atoms with Gasteiger partial charge in [-0.1, -0.05) is 146 Å². The van der Waals surface area contributed by atoms with E-state index in [2.05, 4.69) is 190 Å². The van der Waals surface area contributed by atoms with E-state index in [9.17, 15) is 0 Å². The van der Waals surface area contributed by atoms with Gasteiger partial charge in [-0.2, -0.15) is 9.97 Å². The molecule has 0 saturated heterocycles. The van der Waals surface area contributed by atoms with Crippen LogP contribution < -0.4 is 0 Å². The molecular formula is C51H32N6. The van der Waals surface area contributed by atoms with Crippen LogP contribution in [0.5, 0.6) is 0 Å². The Morgan fingerprint density at radius 2 is 0.772 bits per heavy atom. The predicted molar refractivity (Wildman–Crippen MR) is 234 cm³/mol. The van der Waals surface area contributed by atoms with Crippen molar-refractivity contribution in [3.8, 4) is 40.1 Å². The van der Waals surface area contributed by atoms with E-state index in [1.807, 2.05) is 18.2 Å². The average Bonchev–Trinajstić information content (AvgIpc) is 3.93. The molecule has 0 unspecified atom stereocenters. The zero-order valence-electron chi connectivity index (χ0n) is 30.7. The average molecular weight is 729 g/mol. The van der Waals surface area contributed by atoms with Crippen LogP contribution in [0, 0.1) is 0 Å². The minimum absolute atomic E-state index is 0.561. The predicted octanol–water partition coefficient (Wildman–Crippen LogP) is 12.5. The van der Waals surface area contributed by atoms with Gasteiger partial charge in [0.25, 0.3) is 0 Å². The molecule has 0 amide bonds. The Morgan fingerprint density at radius 3 is 1.42 bits per heavy atom. The molecule has 0 aliphatic carbocycles. The number of rotatable bonds is 5. The van der Waals surface area contributed by atoms with E-state index in [0.29, 0.717) is 17.6 Å². The first-order chi connectivity index (χ1) is 28.3. The lowest BCUT2D eigenvalue weighted by atomic mass is 10.1. The minimum Gasteiger partial charge on any atom is -0.309 e.